The average molecular weight is 1210 g/mol. The van der Waals surface area contributed by atoms with Gasteiger partial charge in [-0.2, -0.15) is 0 Å². The largest absolute Gasteiger partial charge is 0.545 e. The monoisotopic (exact) mass is 1210 g/mol. The number of quaternary nitrogens is 1. The van der Waals surface area contributed by atoms with Crippen LogP contribution in [0.25, 0.3) is 0 Å². The first-order valence-corrected chi connectivity index (χ1v) is 36.0. The molecule has 0 aromatic rings. The highest BCUT2D eigenvalue weighted by atomic mass is 16.7. The summed E-state index contributed by atoms with van der Waals surface area (Å²) in [5.74, 6) is -2.27. The highest BCUT2D eigenvalue weighted by Crippen LogP contribution is 2.18. The van der Waals surface area contributed by atoms with Crippen molar-refractivity contribution in [3.05, 3.63) is 109 Å². The zero-order valence-corrected chi connectivity index (χ0v) is 57.1. The van der Waals surface area contributed by atoms with Gasteiger partial charge in [-0.15, -0.1) is 0 Å². The third kappa shape index (κ3) is 69.3. The van der Waals surface area contributed by atoms with Crippen molar-refractivity contribution in [3.8, 4) is 0 Å². The molecule has 0 aromatic carbocycles. The maximum absolute atomic E-state index is 12.9. The molecule has 2 atom stereocenters. The first-order valence-electron chi connectivity index (χ1n) is 36.0. The first kappa shape index (κ1) is 83.0. The molecule has 2 unspecified atom stereocenters. The van der Waals surface area contributed by atoms with E-state index in [-0.39, 0.29) is 38.6 Å². The molecule has 87 heavy (non-hydrogen) atoms. The van der Waals surface area contributed by atoms with Gasteiger partial charge in [0, 0.05) is 12.8 Å². The zero-order valence-electron chi connectivity index (χ0n) is 57.1. The van der Waals surface area contributed by atoms with Crippen LogP contribution in [-0.4, -0.2) is 82.3 Å². The van der Waals surface area contributed by atoms with Crippen LogP contribution in [0.4, 0.5) is 0 Å². The van der Waals surface area contributed by atoms with Crippen LogP contribution in [0.2, 0.25) is 0 Å². The van der Waals surface area contributed by atoms with Gasteiger partial charge in [-0.1, -0.05) is 309 Å². The molecule has 9 nitrogen and oxygen atoms in total. The van der Waals surface area contributed by atoms with Crippen molar-refractivity contribution < 1.29 is 42.9 Å². The summed E-state index contributed by atoms with van der Waals surface area (Å²) in [4.78, 5) is 37.5. The molecule has 0 heterocycles. The minimum Gasteiger partial charge on any atom is -0.545 e. The Morgan fingerprint density at radius 1 is 0.345 bits per heavy atom. The van der Waals surface area contributed by atoms with Crippen molar-refractivity contribution in [1.82, 2.24) is 0 Å². The normalized spacial score (nSPS) is 13.3. The summed E-state index contributed by atoms with van der Waals surface area (Å²) >= 11 is 0. The Balaban J connectivity index is 4.05. The lowest BCUT2D eigenvalue weighted by molar-refractivity contribution is -0.870. The van der Waals surface area contributed by atoms with Crippen molar-refractivity contribution in [2.75, 3.05) is 47.5 Å². The Morgan fingerprint density at radius 2 is 0.621 bits per heavy atom. The Labute approximate surface area is 536 Å². The molecule has 0 radical (unpaired) electrons. The maximum atomic E-state index is 12.9. The third-order valence-electron chi connectivity index (χ3n) is 15.5. The molecule has 0 saturated heterocycles. The molecule has 0 aliphatic carbocycles. The topological polar surface area (TPSA) is 111 Å². The van der Waals surface area contributed by atoms with Gasteiger partial charge in [-0.25, -0.2) is 0 Å². The number of carbonyl (C=O) groups is 3. The van der Waals surface area contributed by atoms with Crippen LogP contribution in [0.15, 0.2) is 109 Å². The molecular formula is C78H135NO8. The van der Waals surface area contributed by atoms with Crippen LogP contribution in [0.5, 0.6) is 0 Å². The van der Waals surface area contributed by atoms with E-state index < -0.39 is 24.3 Å². The molecule has 9 heteroatoms. The number of nitrogens with zero attached hydrogens (tertiary/aromatic N) is 1. The summed E-state index contributed by atoms with van der Waals surface area (Å²) in [5, 5.41) is 11.8. The van der Waals surface area contributed by atoms with E-state index in [0.29, 0.717) is 17.4 Å². The summed E-state index contributed by atoms with van der Waals surface area (Å²) in [5.41, 5.74) is 0. The number of carboxylic acid groups (broad SMARTS) is 1. The summed E-state index contributed by atoms with van der Waals surface area (Å²) in [6.45, 7) is 4.55. The predicted octanol–water partition coefficient (Wildman–Crippen LogP) is 21.2. The van der Waals surface area contributed by atoms with Crippen molar-refractivity contribution in [3.63, 3.8) is 0 Å². The van der Waals surface area contributed by atoms with E-state index >= 15 is 0 Å². The van der Waals surface area contributed by atoms with Crippen molar-refractivity contribution in [1.29, 1.82) is 0 Å². The van der Waals surface area contributed by atoms with Gasteiger partial charge in [-0.05, 0) is 96.3 Å². The van der Waals surface area contributed by atoms with E-state index in [1.807, 2.05) is 21.1 Å². The molecule has 0 aliphatic heterocycles. The first-order chi connectivity index (χ1) is 42.6. The van der Waals surface area contributed by atoms with Crippen LogP contribution >= 0.6 is 0 Å². The van der Waals surface area contributed by atoms with Crippen molar-refractivity contribution in [2.45, 2.75) is 322 Å². The molecule has 0 aliphatic rings. The Kier molecular flexibility index (Phi) is 64.7. The van der Waals surface area contributed by atoms with Gasteiger partial charge in [0.05, 0.1) is 40.3 Å². The number of likely N-dealkylation sites (N-methyl/N-ethyl adjacent to an activating group) is 1. The highest BCUT2D eigenvalue weighted by Gasteiger charge is 2.22. The maximum Gasteiger partial charge on any atom is 0.306 e. The minimum atomic E-state index is -1.63. The van der Waals surface area contributed by atoms with Gasteiger partial charge < -0.3 is 33.3 Å². The fraction of sp³-hybridized carbons (Fsp3) is 0.731. The summed E-state index contributed by atoms with van der Waals surface area (Å²) in [7, 11) is 5.93. The Morgan fingerprint density at radius 3 is 0.920 bits per heavy atom. The molecule has 500 valence electrons. The third-order valence-corrected chi connectivity index (χ3v) is 15.5. The van der Waals surface area contributed by atoms with Crippen LogP contribution in [0.1, 0.15) is 309 Å². The Hall–Kier alpha value is -4.05. The molecule has 0 fully saturated rings. The van der Waals surface area contributed by atoms with E-state index in [1.54, 1.807) is 0 Å². The van der Waals surface area contributed by atoms with E-state index in [1.165, 1.54) is 186 Å². The number of carbonyl (C=O) groups excluding carboxylic acids is 3. The zero-order chi connectivity index (χ0) is 63.3. The van der Waals surface area contributed by atoms with Crippen LogP contribution < -0.4 is 5.11 Å². The smallest absolute Gasteiger partial charge is 0.306 e. The van der Waals surface area contributed by atoms with Gasteiger partial charge in [0.1, 0.15) is 13.2 Å². The number of carboxylic acids is 1. The number of rotatable bonds is 66. The van der Waals surface area contributed by atoms with Crippen LogP contribution in [-0.2, 0) is 33.3 Å². The predicted molar refractivity (Wildman–Crippen MR) is 370 cm³/mol. The fourth-order valence-electron chi connectivity index (χ4n) is 10.1. The quantitative estimate of drug-likeness (QED) is 0.0195. The van der Waals surface area contributed by atoms with Gasteiger partial charge >= 0.3 is 11.9 Å². The molecule has 0 saturated carbocycles. The van der Waals surface area contributed by atoms with Gasteiger partial charge in [-0.3, -0.25) is 9.59 Å². The van der Waals surface area contributed by atoms with E-state index in [0.717, 1.165) is 89.9 Å². The van der Waals surface area contributed by atoms with E-state index in [2.05, 4.69) is 123 Å². The molecule has 0 rings (SSSR count). The summed E-state index contributed by atoms with van der Waals surface area (Å²) in [6.07, 6.45) is 91.8. The lowest BCUT2D eigenvalue weighted by Crippen LogP contribution is -2.44. The number of esters is 2. The number of aliphatic carboxylic acids is 1. The molecule has 0 N–H and O–H groups in total. The van der Waals surface area contributed by atoms with E-state index in [4.69, 9.17) is 18.9 Å². The second kappa shape index (κ2) is 67.9. The second-order valence-electron chi connectivity index (χ2n) is 25.1. The summed E-state index contributed by atoms with van der Waals surface area (Å²) < 4.78 is 22.8. The molecule has 0 bridgehead atoms. The molecule has 0 amide bonds. The van der Waals surface area contributed by atoms with Gasteiger partial charge in [0.25, 0.3) is 0 Å². The average Bonchev–Trinajstić information content (AvgIpc) is 3.57. The molecule has 0 spiro atoms. The number of allylic oxidation sites excluding steroid dienone is 18. The second-order valence-corrected chi connectivity index (χ2v) is 25.1. The molecule has 0 aromatic heterocycles. The Bertz CT molecular complexity index is 1800. The highest BCUT2D eigenvalue weighted by molar-refractivity contribution is 5.70. The van der Waals surface area contributed by atoms with Crippen molar-refractivity contribution >= 4 is 17.9 Å². The standard InChI is InChI=1S/C78H135NO8/c1-6-8-10-12-14-16-18-20-22-24-26-28-30-32-33-34-35-36-37-38-39-40-41-42-43-45-47-49-51-53-55-57-59-61-63-65-67-69-76(81)87-74(73-86-78(77(82)83)84-71-70-79(3,4)5)72-85-75(80)68-66-64-62-60-58-56-54-52-50-48-46-44-31-29-27-25-23-21-19-17-15-13-11-9-7-2/h8-11,14-17,20-23,26-29,32-33,74,78H,6-7,12-13,18-19,24-25,30-31,34-73H2,1-5H3/b10-8-,11-9-,16-14-,17-15-,22-20-,23-21-,28-26-,29-27-,33-32-. The SMILES string of the molecule is CC/C=C\C/C=C\C/C=C\C/C=C\C/C=C\CCCCCCCCCCCCCCCCCCCCCCCC(=O)OC(COC(=O)CCCCCCCCCCCCCC/C=C\C/C=C\C/C=C\C/C=C\CC)COC(OCC[N+](C)(C)C)C(=O)[O-]. The van der Waals surface area contributed by atoms with Gasteiger partial charge in [0.15, 0.2) is 12.4 Å². The number of hydrogen-bond acceptors (Lipinski definition) is 8. The molecular weight excluding hydrogens is 1080 g/mol. The lowest BCUT2D eigenvalue weighted by Gasteiger charge is -2.26. The van der Waals surface area contributed by atoms with Gasteiger partial charge in [0.2, 0.25) is 0 Å². The number of ether oxygens (including phenoxy) is 4. The lowest BCUT2D eigenvalue weighted by atomic mass is 10.0. The minimum absolute atomic E-state index is 0.145. The van der Waals surface area contributed by atoms with Crippen LogP contribution in [0.3, 0.4) is 0 Å². The fourth-order valence-corrected chi connectivity index (χ4v) is 10.1. The van der Waals surface area contributed by atoms with Crippen molar-refractivity contribution in [2.24, 2.45) is 0 Å². The summed E-state index contributed by atoms with van der Waals surface area (Å²) in [6, 6.07) is 0. The number of unbranched alkanes of at least 4 members (excludes halogenated alkanes) is 33. The number of hydrogen-bond donors (Lipinski definition) is 0. The van der Waals surface area contributed by atoms with Crippen LogP contribution in [0, 0.1) is 0 Å². The van der Waals surface area contributed by atoms with E-state index in [9.17, 15) is 19.5 Å².